The van der Waals surface area contributed by atoms with Crippen LogP contribution in [-0.4, -0.2) is 31.6 Å². The van der Waals surface area contributed by atoms with Gasteiger partial charge in [0.05, 0.1) is 11.9 Å². The Morgan fingerprint density at radius 3 is 2.30 bits per heavy atom. The SMILES string of the molecule is CCC(O)CCS(C)(=O)=O. The minimum atomic E-state index is -2.89. The smallest absolute Gasteiger partial charge is 0.147 e. The molecule has 0 aliphatic carbocycles. The Hall–Kier alpha value is -0.0900. The highest BCUT2D eigenvalue weighted by molar-refractivity contribution is 7.90. The lowest BCUT2D eigenvalue weighted by Gasteiger charge is -2.04. The van der Waals surface area contributed by atoms with E-state index >= 15 is 0 Å². The summed E-state index contributed by atoms with van der Waals surface area (Å²) in [5.41, 5.74) is 0. The van der Waals surface area contributed by atoms with E-state index < -0.39 is 15.9 Å². The van der Waals surface area contributed by atoms with Crippen LogP contribution in [-0.2, 0) is 9.84 Å². The van der Waals surface area contributed by atoms with Gasteiger partial charge in [0.15, 0.2) is 0 Å². The van der Waals surface area contributed by atoms with Crippen LogP contribution in [0.15, 0.2) is 0 Å². The molecule has 1 N–H and O–H groups in total. The Balaban J connectivity index is 3.56. The van der Waals surface area contributed by atoms with Gasteiger partial charge in [-0.3, -0.25) is 0 Å². The molecule has 62 valence electrons. The van der Waals surface area contributed by atoms with Gasteiger partial charge in [0, 0.05) is 6.26 Å². The molecule has 4 heteroatoms. The first kappa shape index (κ1) is 9.91. The number of sulfone groups is 1. The summed E-state index contributed by atoms with van der Waals surface area (Å²) < 4.78 is 21.1. The fraction of sp³-hybridized carbons (Fsp3) is 1.00. The highest BCUT2D eigenvalue weighted by Crippen LogP contribution is 1.98. The first-order chi connectivity index (χ1) is 4.45. The molecular formula is C6H14O3S. The van der Waals surface area contributed by atoms with Crippen molar-refractivity contribution in [1.29, 1.82) is 0 Å². The zero-order chi connectivity index (χ0) is 8.20. The highest BCUT2D eigenvalue weighted by atomic mass is 32.2. The van der Waals surface area contributed by atoms with Crippen molar-refractivity contribution in [3.05, 3.63) is 0 Å². The third-order valence-electron chi connectivity index (χ3n) is 1.29. The first-order valence-electron chi connectivity index (χ1n) is 3.31. The monoisotopic (exact) mass is 166 g/mol. The third kappa shape index (κ3) is 6.04. The Labute approximate surface area is 62.0 Å². The Kier molecular flexibility index (Phi) is 3.89. The standard InChI is InChI=1S/C6H14O3S/c1-3-6(7)4-5-10(2,8)9/h6-7H,3-5H2,1-2H3. The number of rotatable bonds is 4. The maximum atomic E-state index is 10.5. The summed E-state index contributed by atoms with van der Waals surface area (Å²) in [5.74, 6) is 0.0853. The number of hydrogen-bond donors (Lipinski definition) is 1. The average Bonchev–Trinajstić information content (AvgIpc) is 1.81. The quantitative estimate of drug-likeness (QED) is 0.648. The molecule has 0 aromatic rings. The van der Waals surface area contributed by atoms with Crippen molar-refractivity contribution < 1.29 is 13.5 Å². The summed E-state index contributed by atoms with van der Waals surface area (Å²) in [6.07, 6.45) is 1.69. The van der Waals surface area contributed by atoms with Gasteiger partial charge in [0.25, 0.3) is 0 Å². The van der Waals surface area contributed by atoms with Crippen molar-refractivity contribution >= 4 is 9.84 Å². The van der Waals surface area contributed by atoms with Gasteiger partial charge in [-0.2, -0.15) is 0 Å². The number of aliphatic hydroxyl groups excluding tert-OH is 1. The molecule has 0 aliphatic rings. The van der Waals surface area contributed by atoms with Crippen molar-refractivity contribution in [2.45, 2.75) is 25.9 Å². The molecule has 0 aromatic carbocycles. The predicted molar refractivity (Wildman–Crippen MR) is 40.6 cm³/mol. The summed E-state index contributed by atoms with van der Waals surface area (Å²) in [6.45, 7) is 1.83. The van der Waals surface area contributed by atoms with Crippen LogP contribution >= 0.6 is 0 Å². The maximum Gasteiger partial charge on any atom is 0.147 e. The van der Waals surface area contributed by atoms with Crippen molar-refractivity contribution in [2.75, 3.05) is 12.0 Å². The van der Waals surface area contributed by atoms with E-state index in [1.54, 1.807) is 0 Å². The van der Waals surface area contributed by atoms with Crippen molar-refractivity contribution in [3.8, 4) is 0 Å². The van der Waals surface area contributed by atoms with E-state index in [1.807, 2.05) is 6.92 Å². The third-order valence-corrected chi connectivity index (χ3v) is 2.27. The van der Waals surface area contributed by atoms with E-state index in [9.17, 15) is 8.42 Å². The predicted octanol–water partition coefficient (Wildman–Crippen LogP) is 0.192. The lowest BCUT2D eigenvalue weighted by Crippen LogP contribution is -2.12. The molecule has 1 atom stereocenters. The molecule has 0 aromatic heterocycles. The van der Waals surface area contributed by atoms with Crippen molar-refractivity contribution in [3.63, 3.8) is 0 Å². The Morgan fingerprint density at radius 2 is 2.00 bits per heavy atom. The topological polar surface area (TPSA) is 54.4 Å². The molecule has 0 amide bonds. The van der Waals surface area contributed by atoms with E-state index in [-0.39, 0.29) is 5.75 Å². The van der Waals surface area contributed by atoms with Gasteiger partial charge in [0.1, 0.15) is 9.84 Å². The maximum absolute atomic E-state index is 10.5. The lowest BCUT2D eigenvalue weighted by molar-refractivity contribution is 0.167. The second-order valence-corrected chi connectivity index (χ2v) is 4.74. The molecule has 0 radical (unpaired) electrons. The van der Waals surface area contributed by atoms with Gasteiger partial charge < -0.3 is 5.11 Å². The molecule has 0 heterocycles. The van der Waals surface area contributed by atoms with Crippen molar-refractivity contribution in [2.24, 2.45) is 0 Å². The fourth-order valence-electron chi connectivity index (χ4n) is 0.554. The van der Waals surface area contributed by atoms with E-state index in [1.165, 1.54) is 6.26 Å². The highest BCUT2D eigenvalue weighted by Gasteiger charge is 2.06. The number of hydrogen-bond acceptors (Lipinski definition) is 3. The van der Waals surface area contributed by atoms with Crippen LogP contribution in [0.3, 0.4) is 0 Å². The van der Waals surface area contributed by atoms with Crippen LogP contribution in [0.25, 0.3) is 0 Å². The van der Waals surface area contributed by atoms with Crippen LogP contribution in [0.5, 0.6) is 0 Å². The molecule has 1 unspecified atom stereocenters. The van der Waals surface area contributed by atoms with Gasteiger partial charge in [-0.15, -0.1) is 0 Å². The minimum Gasteiger partial charge on any atom is -0.393 e. The van der Waals surface area contributed by atoms with E-state index in [0.717, 1.165) is 0 Å². The summed E-state index contributed by atoms with van der Waals surface area (Å²) in [5, 5.41) is 8.96. The first-order valence-corrected chi connectivity index (χ1v) is 5.37. The molecule has 0 fully saturated rings. The van der Waals surface area contributed by atoms with E-state index in [4.69, 9.17) is 5.11 Å². The Bertz CT molecular complexity index is 171. The fourth-order valence-corrected chi connectivity index (χ4v) is 1.25. The minimum absolute atomic E-state index is 0.0853. The van der Waals surface area contributed by atoms with Gasteiger partial charge >= 0.3 is 0 Å². The largest absolute Gasteiger partial charge is 0.393 e. The molecule has 0 rings (SSSR count). The van der Waals surface area contributed by atoms with Crippen LogP contribution < -0.4 is 0 Å². The average molecular weight is 166 g/mol. The van der Waals surface area contributed by atoms with Gasteiger partial charge in [-0.05, 0) is 12.8 Å². The molecule has 0 saturated heterocycles. The second-order valence-electron chi connectivity index (χ2n) is 2.48. The van der Waals surface area contributed by atoms with Crippen LogP contribution in [0.1, 0.15) is 19.8 Å². The van der Waals surface area contributed by atoms with Crippen LogP contribution in [0.4, 0.5) is 0 Å². The molecule has 0 bridgehead atoms. The van der Waals surface area contributed by atoms with Crippen molar-refractivity contribution in [1.82, 2.24) is 0 Å². The summed E-state index contributed by atoms with van der Waals surface area (Å²) in [4.78, 5) is 0. The molecule has 0 spiro atoms. The van der Waals surface area contributed by atoms with E-state index in [0.29, 0.717) is 12.8 Å². The summed E-state index contributed by atoms with van der Waals surface area (Å²) >= 11 is 0. The second kappa shape index (κ2) is 3.93. The normalized spacial score (nSPS) is 15.1. The van der Waals surface area contributed by atoms with Crippen LogP contribution in [0, 0.1) is 0 Å². The Morgan fingerprint density at radius 1 is 1.50 bits per heavy atom. The summed E-state index contributed by atoms with van der Waals surface area (Å²) in [7, 11) is -2.89. The molecule has 0 aliphatic heterocycles. The lowest BCUT2D eigenvalue weighted by atomic mass is 10.2. The van der Waals surface area contributed by atoms with Crippen LogP contribution in [0.2, 0.25) is 0 Å². The number of aliphatic hydroxyl groups is 1. The zero-order valence-electron chi connectivity index (χ0n) is 6.37. The molecular weight excluding hydrogens is 152 g/mol. The summed E-state index contributed by atoms with van der Waals surface area (Å²) in [6, 6.07) is 0. The molecule has 3 nitrogen and oxygen atoms in total. The molecule has 10 heavy (non-hydrogen) atoms. The van der Waals surface area contributed by atoms with Gasteiger partial charge in [-0.25, -0.2) is 8.42 Å². The van der Waals surface area contributed by atoms with E-state index in [2.05, 4.69) is 0 Å². The molecule has 0 saturated carbocycles. The van der Waals surface area contributed by atoms with Gasteiger partial charge in [-0.1, -0.05) is 6.92 Å². The van der Waals surface area contributed by atoms with Gasteiger partial charge in [0.2, 0.25) is 0 Å². The zero-order valence-corrected chi connectivity index (χ0v) is 7.19.